The first-order chi connectivity index (χ1) is 8.69. The maximum absolute atomic E-state index is 5.82. The van der Waals surface area contributed by atoms with Gasteiger partial charge in [-0.1, -0.05) is 6.92 Å². The van der Waals surface area contributed by atoms with Gasteiger partial charge in [-0.2, -0.15) is 5.48 Å². The zero-order valence-electron chi connectivity index (χ0n) is 13.8. The van der Waals surface area contributed by atoms with Gasteiger partial charge in [-0.15, -0.1) is 0 Å². The summed E-state index contributed by atoms with van der Waals surface area (Å²) in [5, 5.41) is 3.28. The molecular weight excluding hydrogens is 242 g/mol. The molecule has 2 N–H and O–H groups in total. The van der Waals surface area contributed by atoms with Crippen molar-refractivity contribution in [2.75, 3.05) is 33.4 Å². The van der Waals surface area contributed by atoms with E-state index in [-0.39, 0.29) is 11.3 Å². The monoisotopic (exact) mass is 275 g/mol. The third kappa shape index (κ3) is 10.3. The fourth-order valence-electron chi connectivity index (χ4n) is 1.37. The van der Waals surface area contributed by atoms with E-state index in [0.29, 0.717) is 6.67 Å². The van der Waals surface area contributed by atoms with Gasteiger partial charge < -0.3 is 10.1 Å². The van der Waals surface area contributed by atoms with E-state index in [9.17, 15) is 0 Å². The Balaban J connectivity index is 3.65. The number of hydrogen-bond acceptors (Lipinski definition) is 5. The van der Waals surface area contributed by atoms with E-state index in [0.717, 1.165) is 26.1 Å². The van der Waals surface area contributed by atoms with Crippen molar-refractivity contribution in [3.05, 3.63) is 0 Å². The quantitative estimate of drug-likeness (QED) is 0.362. The van der Waals surface area contributed by atoms with Gasteiger partial charge in [-0.05, 0) is 48.1 Å². The Hall–Kier alpha value is -0.200. The predicted octanol–water partition coefficient (Wildman–Crippen LogP) is 1.95. The number of nitrogens with zero attached hydrogens (tertiary/aromatic N) is 1. The SMILES string of the molecule is CCCOC(C)(C)N(C)CCNCNOC(C)(C)C. The highest BCUT2D eigenvalue weighted by Crippen LogP contribution is 2.13. The average molecular weight is 275 g/mol. The van der Waals surface area contributed by atoms with Gasteiger partial charge in [-0.3, -0.25) is 9.74 Å². The zero-order chi connectivity index (χ0) is 14.9. The van der Waals surface area contributed by atoms with Crippen LogP contribution in [-0.2, 0) is 9.57 Å². The highest BCUT2D eigenvalue weighted by Gasteiger charge is 2.23. The van der Waals surface area contributed by atoms with E-state index in [2.05, 4.69) is 43.5 Å². The van der Waals surface area contributed by atoms with E-state index in [1.165, 1.54) is 0 Å². The Morgan fingerprint density at radius 3 is 2.26 bits per heavy atom. The second-order valence-corrected chi connectivity index (χ2v) is 6.25. The number of nitrogens with one attached hydrogen (secondary N) is 2. The molecule has 0 fully saturated rings. The molecule has 0 spiro atoms. The Bertz CT molecular complexity index is 227. The normalized spacial score (nSPS) is 13.3. The molecule has 0 heterocycles. The van der Waals surface area contributed by atoms with Crippen LogP contribution in [-0.4, -0.2) is 49.6 Å². The first-order valence-corrected chi connectivity index (χ1v) is 7.16. The Kier molecular flexibility index (Phi) is 8.78. The molecule has 0 amide bonds. The van der Waals surface area contributed by atoms with Gasteiger partial charge >= 0.3 is 0 Å². The van der Waals surface area contributed by atoms with Crippen molar-refractivity contribution >= 4 is 0 Å². The number of ether oxygens (including phenoxy) is 1. The van der Waals surface area contributed by atoms with Crippen molar-refractivity contribution in [3.8, 4) is 0 Å². The van der Waals surface area contributed by atoms with E-state index >= 15 is 0 Å². The molecular formula is C14H33N3O2. The molecule has 0 aromatic rings. The Morgan fingerprint density at radius 1 is 1.11 bits per heavy atom. The second kappa shape index (κ2) is 8.87. The summed E-state index contributed by atoms with van der Waals surface area (Å²) in [6, 6.07) is 0. The largest absolute Gasteiger partial charge is 0.361 e. The van der Waals surface area contributed by atoms with E-state index < -0.39 is 0 Å². The fraction of sp³-hybridized carbons (Fsp3) is 1.00. The summed E-state index contributed by atoms with van der Waals surface area (Å²) in [6.07, 6.45) is 1.05. The minimum atomic E-state index is -0.215. The van der Waals surface area contributed by atoms with Gasteiger partial charge in [0.15, 0.2) is 0 Å². The lowest BCUT2D eigenvalue weighted by Gasteiger charge is -2.35. The number of rotatable bonds is 10. The third-order valence-corrected chi connectivity index (χ3v) is 2.78. The molecule has 0 bridgehead atoms. The molecule has 0 radical (unpaired) electrons. The minimum Gasteiger partial charge on any atom is -0.361 e. The summed E-state index contributed by atoms with van der Waals surface area (Å²) in [5.74, 6) is 0. The van der Waals surface area contributed by atoms with Gasteiger partial charge in [0.2, 0.25) is 0 Å². The van der Waals surface area contributed by atoms with Crippen LogP contribution >= 0.6 is 0 Å². The fourth-order valence-corrected chi connectivity index (χ4v) is 1.37. The third-order valence-electron chi connectivity index (χ3n) is 2.78. The molecule has 5 heteroatoms. The van der Waals surface area contributed by atoms with E-state index in [1.54, 1.807) is 0 Å². The van der Waals surface area contributed by atoms with Gasteiger partial charge in [-0.25, -0.2) is 0 Å². The van der Waals surface area contributed by atoms with Crippen LogP contribution in [0.15, 0.2) is 0 Å². The van der Waals surface area contributed by atoms with Gasteiger partial charge in [0.25, 0.3) is 0 Å². The van der Waals surface area contributed by atoms with E-state index in [1.807, 2.05) is 20.8 Å². The van der Waals surface area contributed by atoms with Crippen LogP contribution in [0.3, 0.4) is 0 Å². The molecule has 0 saturated carbocycles. The topological polar surface area (TPSA) is 45.8 Å². The van der Waals surface area contributed by atoms with E-state index in [4.69, 9.17) is 9.57 Å². The smallest absolute Gasteiger partial charge is 0.115 e. The summed E-state index contributed by atoms with van der Waals surface area (Å²) >= 11 is 0. The highest BCUT2D eigenvalue weighted by molar-refractivity contribution is 4.69. The molecule has 0 rings (SSSR count). The van der Waals surface area contributed by atoms with Crippen LogP contribution in [0.25, 0.3) is 0 Å². The zero-order valence-corrected chi connectivity index (χ0v) is 13.8. The first kappa shape index (κ1) is 18.8. The van der Waals surface area contributed by atoms with Crippen molar-refractivity contribution in [2.24, 2.45) is 0 Å². The maximum Gasteiger partial charge on any atom is 0.115 e. The van der Waals surface area contributed by atoms with Crippen LogP contribution in [0.1, 0.15) is 48.0 Å². The molecule has 0 unspecified atom stereocenters. The maximum atomic E-state index is 5.82. The average Bonchev–Trinajstić information content (AvgIpc) is 2.29. The lowest BCUT2D eigenvalue weighted by Crippen LogP contribution is -2.47. The van der Waals surface area contributed by atoms with Crippen LogP contribution in [0.5, 0.6) is 0 Å². The number of hydroxylamine groups is 1. The lowest BCUT2D eigenvalue weighted by atomic mass is 10.2. The van der Waals surface area contributed by atoms with Gasteiger partial charge in [0.05, 0.1) is 12.3 Å². The van der Waals surface area contributed by atoms with Crippen molar-refractivity contribution < 1.29 is 9.57 Å². The van der Waals surface area contributed by atoms with Gasteiger partial charge in [0.1, 0.15) is 5.72 Å². The van der Waals surface area contributed by atoms with Crippen molar-refractivity contribution in [2.45, 2.75) is 59.3 Å². The molecule has 0 atom stereocenters. The molecule has 0 aliphatic carbocycles. The highest BCUT2D eigenvalue weighted by atomic mass is 16.7. The van der Waals surface area contributed by atoms with Crippen LogP contribution < -0.4 is 10.8 Å². The van der Waals surface area contributed by atoms with Crippen LogP contribution in [0.4, 0.5) is 0 Å². The van der Waals surface area contributed by atoms with Crippen LogP contribution in [0.2, 0.25) is 0 Å². The molecule has 0 aliphatic heterocycles. The molecule has 0 aromatic carbocycles. The second-order valence-electron chi connectivity index (χ2n) is 6.25. The van der Waals surface area contributed by atoms with Crippen LogP contribution in [0, 0.1) is 0 Å². The standard InChI is InChI=1S/C14H33N3O2/c1-8-11-18-14(5,6)17(7)10-9-15-12-16-19-13(2,3)4/h15-16H,8-12H2,1-7H3. The molecule has 0 aromatic heterocycles. The summed E-state index contributed by atoms with van der Waals surface area (Å²) in [7, 11) is 2.08. The van der Waals surface area contributed by atoms with Crippen molar-refractivity contribution in [3.63, 3.8) is 0 Å². The minimum absolute atomic E-state index is 0.158. The van der Waals surface area contributed by atoms with Crippen molar-refractivity contribution in [1.82, 2.24) is 15.7 Å². The van der Waals surface area contributed by atoms with Crippen molar-refractivity contribution in [1.29, 1.82) is 0 Å². The van der Waals surface area contributed by atoms with Gasteiger partial charge in [0, 0.05) is 19.7 Å². The predicted molar refractivity (Wildman–Crippen MR) is 79.8 cm³/mol. The Morgan fingerprint density at radius 2 is 1.74 bits per heavy atom. The summed E-state index contributed by atoms with van der Waals surface area (Å²) < 4.78 is 5.82. The molecule has 19 heavy (non-hydrogen) atoms. The summed E-state index contributed by atoms with van der Waals surface area (Å²) in [6.45, 7) is 15.6. The molecule has 0 saturated heterocycles. The lowest BCUT2D eigenvalue weighted by molar-refractivity contribution is -0.120. The first-order valence-electron chi connectivity index (χ1n) is 7.16. The number of likely N-dealkylation sites (N-methyl/N-ethyl adjacent to an activating group) is 1. The molecule has 5 nitrogen and oxygen atoms in total. The summed E-state index contributed by atoms with van der Waals surface area (Å²) in [4.78, 5) is 7.61. The molecule has 116 valence electrons. The number of hydrogen-bond donors (Lipinski definition) is 2. The Labute approximate surface area is 119 Å². The summed E-state index contributed by atoms with van der Waals surface area (Å²) in [5.41, 5.74) is 2.54. The molecule has 0 aliphatic rings.